The summed E-state index contributed by atoms with van der Waals surface area (Å²) in [6.07, 6.45) is 2.66. The molecule has 3 atom stereocenters. The van der Waals surface area contributed by atoms with Gasteiger partial charge in [0.25, 0.3) is 0 Å². The van der Waals surface area contributed by atoms with Crippen molar-refractivity contribution >= 4 is 35.1 Å². The van der Waals surface area contributed by atoms with Crippen molar-refractivity contribution in [2.24, 2.45) is 0 Å². The summed E-state index contributed by atoms with van der Waals surface area (Å²) in [6.45, 7) is 3.13. The molecule has 2 heterocycles. The third-order valence-electron chi connectivity index (χ3n) is 8.24. The summed E-state index contributed by atoms with van der Waals surface area (Å²) >= 11 is 12.3. The third kappa shape index (κ3) is 6.69. The van der Waals surface area contributed by atoms with Crippen LogP contribution in [-0.2, 0) is 29.0 Å². The van der Waals surface area contributed by atoms with Gasteiger partial charge < -0.3 is 19.5 Å². The van der Waals surface area contributed by atoms with E-state index in [1.165, 1.54) is 10.5 Å². The lowest BCUT2D eigenvalue weighted by atomic mass is 9.86. The average molecular weight is 612 g/mol. The summed E-state index contributed by atoms with van der Waals surface area (Å²) in [6, 6.07) is 17.3. The molecule has 0 aliphatic carbocycles. The Kier molecular flexibility index (Phi) is 9.31. The Balaban J connectivity index is 1.32. The molecule has 0 saturated heterocycles. The quantitative estimate of drug-likeness (QED) is 0.312. The smallest absolute Gasteiger partial charge is 0.321 e. The van der Waals surface area contributed by atoms with Crippen LogP contribution in [0.4, 0.5) is 0 Å². The summed E-state index contributed by atoms with van der Waals surface area (Å²) in [5.41, 5.74) is 5.33. The molecule has 1 amide bonds. The molecule has 3 aromatic rings. The van der Waals surface area contributed by atoms with Crippen molar-refractivity contribution in [3.63, 3.8) is 0 Å². The maximum absolute atomic E-state index is 12.4. The lowest BCUT2D eigenvalue weighted by Gasteiger charge is -2.35. The van der Waals surface area contributed by atoms with E-state index in [9.17, 15) is 14.7 Å². The lowest BCUT2D eigenvalue weighted by molar-refractivity contribution is -0.145. The number of carboxylic acid groups (broad SMARTS) is 1. The zero-order valence-corrected chi connectivity index (χ0v) is 25.6. The van der Waals surface area contributed by atoms with Gasteiger partial charge in [0, 0.05) is 20.6 Å². The van der Waals surface area contributed by atoms with Crippen molar-refractivity contribution in [2.75, 3.05) is 27.2 Å². The van der Waals surface area contributed by atoms with Gasteiger partial charge in [0.2, 0.25) is 5.91 Å². The molecule has 1 N–H and O–H groups in total. The SMILES string of the molecule is CCC(Oc1ccc(C2CCOc3cc4c(cc3C2)CN(CC(=O)N(C)C)[C@H](C(=O)O)C4)cc1)c1ccc(Cl)c(Cl)c1. The first-order valence-electron chi connectivity index (χ1n) is 14.3. The predicted octanol–water partition coefficient (Wildman–Crippen LogP) is 6.53. The van der Waals surface area contributed by atoms with Crippen LogP contribution in [0.25, 0.3) is 0 Å². The zero-order chi connectivity index (χ0) is 30.0. The van der Waals surface area contributed by atoms with Crippen LogP contribution in [0.5, 0.6) is 11.5 Å². The number of carboxylic acids is 1. The number of hydrogen-bond donors (Lipinski definition) is 1. The van der Waals surface area contributed by atoms with E-state index in [-0.39, 0.29) is 24.5 Å². The number of carbonyl (C=O) groups excluding carboxylic acids is 1. The molecule has 0 fully saturated rings. The molecule has 0 bridgehead atoms. The van der Waals surface area contributed by atoms with Crippen molar-refractivity contribution in [1.29, 1.82) is 0 Å². The number of rotatable bonds is 8. The molecule has 222 valence electrons. The number of hydrogen-bond acceptors (Lipinski definition) is 5. The van der Waals surface area contributed by atoms with Crippen molar-refractivity contribution in [3.8, 4) is 11.5 Å². The number of nitrogens with zero attached hydrogens (tertiary/aromatic N) is 2. The van der Waals surface area contributed by atoms with Crippen LogP contribution in [0.15, 0.2) is 54.6 Å². The van der Waals surface area contributed by atoms with Crippen LogP contribution >= 0.6 is 23.2 Å². The molecule has 0 spiro atoms. The molecule has 2 unspecified atom stereocenters. The van der Waals surface area contributed by atoms with Gasteiger partial charge in [0.1, 0.15) is 23.6 Å². The van der Waals surface area contributed by atoms with Crippen LogP contribution in [0.3, 0.4) is 0 Å². The summed E-state index contributed by atoms with van der Waals surface area (Å²) in [7, 11) is 3.37. The highest BCUT2D eigenvalue weighted by molar-refractivity contribution is 6.42. The van der Waals surface area contributed by atoms with Crippen LogP contribution in [0.1, 0.15) is 59.6 Å². The minimum atomic E-state index is -0.919. The number of benzene rings is 3. The molecule has 42 heavy (non-hydrogen) atoms. The molecule has 0 radical (unpaired) electrons. The van der Waals surface area contributed by atoms with Gasteiger partial charge in [0.15, 0.2) is 0 Å². The highest BCUT2D eigenvalue weighted by Gasteiger charge is 2.34. The largest absolute Gasteiger partial charge is 0.493 e. The number of fused-ring (bicyclic) bond motifs is 2. The minimum Gasteiger partial charge on any atom is -0.493 e. The fourth-order valence-corrected chi connectivity index (χ4v) is 6.09. The summed E-state index contributed by atoms with van der Waals surface area (Å²) in [4.78, 5) is 27.7. The second kappa shape index (κ2) is 12.9. The van der Waals surface area contributed by atoms with Crippen molar-refractivity contribution in [2.45, 2.75) is 57.2 Å². The average Bonchev–Trinajstić information content (AvgIpc) is 3.18. The molecule has 0 saturated carbocycles. The van der Waals surface area contributed by atoms with Gasteiger partial charge in [-0.3, -0.25) is 14.5 Å². The molecule has 0 aromatic heterocycles. The first kappa shape index (κ1) is 30.2. The summed E-state index contributed by atoms with van der Waals surface area (Å²) < 4.78 is 12.5. The Hall–Kier alpha value is -3.26. The van der Waals surface area contributed by atoms with Crippen LogP contribution < -0.4 is 9.47 Å². The monoisotopic (exact) mass is 610 g/mol. The standard InChI is InChI=1S/C33H36Cl2N2O5/c1-4-30(22-7-10-27(34)28(35)15-22)42-26-8-5-20(6-9-26)21-11-12-41-31-17-23-16-29(33(39)40)37(19-32(38)36(2)3)18-25(23)14-24(31)13-21/h5-10,14-15,17,21,29-30H,4,11-13,16,18-19H2,1-3H3,(H,39,40)/t21?,29-,30?/m0/s1. The highest BCUT2D eigenvalue weighted by Crippen LogP contribution is 2.38. The Bertz CT molecular complexity index is 1460. The zero-order valence-electron chi connectivity index (χ0n) is 24.1. The number of ether oxygens (including phenoxy) is 2. The van der Waals surface area contributed by atoms with Crippen molar-refractivity contribution in [3.05, 3.63) is 92.5 Å². The molecular weight excluding hydrogens is 575 g/mol. The van der Waals surface area contributed by atoms with Crippen molar-refractivity contribution in [1.82, 2.24) is 9.80 Å². The Morgan fingerprint density at radius 2 is 1.79 bits per heavy atom. The van der Waals surface area contributed by atoms with Gasteiger partial charge in [-0.2, -0.15) is 0 Å². The fraction of sp³-hybridized carbons (Fsp3) is 0.394. The van der Waals surface area contributed by atoms with Gasteiger partial charge >= 0.3 is 5.97 Å². The Morgan fingerprint density at radius 3 is 2.45 bits per heavy atom. The summed E-state index contributed by atoms with van der Waals surface area (Å²) in [5.74, 6) is 0.842. The number of carbonyl (C=O) groups is 2. The number of likely N-dealkylation sites (N-methyl/N-ethyl adjacent to an activating group) is 1. The van der Waals surface area contributed by atoms with Gasteiger partial charge in [0.05, 0.1) is 23.2 Å². The van der Waals surface area contributed by atoms with Crippen LogP contribution in [0, 0.1) is 0 Å². The fourth-order valence-electron chi connectivity index (χ4n) is 5.79. The van der Waals surface area contributed by atoms with Crippen molar-refractivity contribution < 1.29 is 24.2 Å². The van der Waals surface area contributed by atoms with E-state index < -0.39 is 12.0 Å². The summed E-state index contributed by atoms with van der Waals surface area (Å²) in [5, 5.41) is 10.9. The molecule has 2 aliphatic rings. The predicted molar refractivity (Wildman–Crippen MR) is 164 cm³/mol. The number of halogens is 2. The van der Waals surface area contributed by atoms with E-state index in [4.69, 9.17) is 32.7 Å². The van der Waals surface area contributed by atoms with E-state index in [2.05, 4.69) is 25.1 Å². The van der Waals surface area contributed by atoms with Crippen LogP contribution in [-0.4, -0.2) is 60.1 Å². The first-order valence-corrected chi connectivity index (χ1v) is 15.0. The number of amides is 1. The second-order valence-corrected chi connectivity index (χ2v) is 12.1. The molecule has 9 heteroatoms. The second-order valence-electron chi connectivity index (χ2n) is 11.3. The van der Waals surface area contributed by atoms with E-state index in [1.807, 2.05) is 30.3 Å². The normalized spacial score (nSPS) is 19.1. The number of aliphatic carboxylic acids is 1. The Labute approximate surface area is 256 Å². The first-order chi connectivity index (χ1) is 20.1. The van der Waals surface area contributed by atoms with E-state index in [0.29, 0.717) is 29.6 Å². The van der Waals surface area contributed by atoms with Gasteiger partial charge in [-0.1, -0.05) is 54.4 Å². The van der Waals surface area contributed by atoms with E-state index in [0.717, 1.165) is 53.0 Å². The third-order valence-corrected chi connectivity index (χ3v) is 8.98. The Morgan fingerprint density at radius 1 is 1.02 bits per heavy atom. The van der Waals surface area contributed by atoms with Gasteiger partial charge in [-0.15, -0.1) is 0 Å². The molecule has 3 aromatic carbocycles. The maximum atomic E-state index is 12.4. The lowest BCUT2D eigenvalue weighted by Crippen LogP contribution is -2.49. The van der Waals surface area contributed by atoms with Crippen LogP contribution in [0.2, 0.25) is 10.0 Å². The minimum absolute atomic E-state index is 0.0674. The molecule has 2 aliphatic heterocycles. The maximum Gasteiger partial charge on any atom is 0.321 e. The molecule has 5 rings (SSSR count). The topological polar surface area (TPSA) is 79.3 Å². The molecular formula is C33H36Cl2N2O5. The highest BCUT2D eigenvalue weighted by atomic mass is 35.5. The van der Waals surface area contributed by atoms with Gasteiger partial charge in [-0.05, 0) is 89.8 Å². The molecule has 7 nitrogen and oxygen atoms in total. The van der Waals surface area contributed by atoms with E-state index in [1.54, 1.807) is 25.1 Å². The van der Waals surface area contributed by atoms with E-state index >= 15 is 0 Å². The van der Waals surface area contributed by atoms with Gasteiger partial charge in [-0.25, -0.2) is 0 Å².